The average molecular weight is 421 g/mol. The van der Waals surface area contributed by atoms with Gasteiger partial charge in [0.2, 0.25) is 5.91 Å². The lowest BCUT2D eigenvalue weighted by Gasteiger charge is -2.08. The van der Waals surface area contributed by atoms with Crippen molar-refractivity contribution in [3.63, 3.8) is 0 Å². The first-order valence-corrected chi connectivity index (χ1v) is 10.2. The van der Waals surface area contributed by atoms with Gasteiger partial charge in [0.15, 0.2) is 5.13 Å². The number of nitrogens with one attached hydrogen (secondary N) is 1. The summed E-state index contributed by atoms with van der Waals surface area (Å²) in [5, 5.41) is 5.92. The minimum Gasteiger partial charge on any atom is -0.497 e. The van der Waals surface area contributed by atoms with Gasteiger partial charge in [-0.15, -0.1) is 23.1 Å². The van der Waals surface area contributed by atoms with Crippen molar-refractivity contribution >= 4 is 45.7 Å². The number of methoxy groups -OCH3 is 2. The van der Waals surface area contributed by atoms with Crippen molar-refractivity contribution < 1.29 is 14.3 Å². The van der Waals surface area contributed by atoms with Gasteiger partial charge >= 0.3 is 0 Å². The van der Waals surface area contributed by atoms with Gasteiger partial charge in [-0.25, -0.2) is 4.98 Å². The molecule has 1 aromatic heterocycles. The van der Waals surface area contributed by atoms with E-state index >= 15 is 0 Å². The summed E-state index contributed by atoms with van der Waals surface area (Å²) in [5.41, 5.74) is 1.53. The number of hydrogen-bond donors (Lipinski definition) is 1. The molecule has 0 saturated carbocycles. The molecule has 140 valence electrons. The highest BCUT2D eigenvalue weighted by Crippen LogP contribution is 2.35. The number of rotatable bonds is 7. The van der Waals surface area contributed by atoms with Crippen LogP contribution in [0.3, 0.4) is 0 Å². The Morgan fingerprint density at radius 2 is 1.96 bits per heavy atom. The van der Waals surface area contributed by atoms with E-state index in [-0.39, 0.29) is 5.91 Å². The lowest BCUT2D eigenvalue weighted by atomic mass is 10.1. The number of thioether (sulfide) groups is 1. The zero-order valence-electron chi connectivity index (χ0n) is 14.7. The van der Waals surface area contributed by atoms with Crippen LogP contribution in [0.25, 0.3) is 11.3 Å². The number of carbonyl (C=O) groups excluding carboxylic acids is 1. The van der Waals surface area contributed by atoms with Crippen LogP contribution in [-0.4, -0.2) is 30.9 Å². The van der Waals surface area contributed by atoms with Crippen LogP contribution >= 0.6 is 34.7 Å². The lowest BCUT2D eigenvalue weighted by molar-refractivity contribution is -0.113. The van der Waals surface area contributed by atoms with Crippen LogP contribution in [-0.2, 0) is 4.79 Å². The molecule has 2 aromatic carbocycles. The highest BCUT2D eigenvalue weighted by atomic mass is 35.5. The quantitative estimate of drug-likeness (QED) is 0.531. The molecule has 8 heteroatoms. The number of hydrogen-bond acceptors (Lipinski definition) is 6. The molecule has 0 fully saturated rings. The van der Waals surface area contributed by atoms with E-state index in [0.717, 1.165) is 16.2 Å². The normalized spacial score (nSPS) is 10.5. The van der Waals surface area contributed by atoms with Crippen LogP contribution < -0.4 is 14.8 Å². The molecule has 0 spiro atoms. The van der Waals surface area contributed by atoms with E-state index in [2.05, 4.69) is 10.3 Å². The second-order valence-corrected chi connectivity index (χ2v) is 7.74. The maximum Gasteiger partial charge on any atom is 0.236 e. The molecule has 5 nitrogen and oxygen atoms in total. The van der Waals surface area contributed by atoms with Crippen molar-refractivity contribution in [2.45, 2.75) is 4.90 Å². The SMILES string of the molecule is COc1ccc(OC)c(-c2csc(NC(=O)CSc3ccc(Cl)cc3)n2)c1. The molecule has 27 heavy (non-hydrogen) atoms. The summed E-state index contributed by atoms with van der Waals surface area (Å²) in [6, 6.07) is 12.9. The van der Waals surface area contributed by atoms with Crippen molar-refractivity contribution in [2.24, 2.45) is 0 Å². The summed E-state index contributed by atoms with van der Waals surface area (Å²) in [4.78, 5) is 17.7. The molecule has 3 aromatic rings. The summed E-state index contributed by atoms with van der Waals surface area (Å²) >= 11 is 8.67. The molecule has 0 atom stereocenters. The van der Waals surface area contributed by atoms with E-state index in [9.17, 15) is 4.79 Å². The summed E-state index contributed by atoms with van der Waals surface area (Å²) in [5.74, 6) is 1.58. The van der Waals surface area contributed by atoms with Gasteiger partial charge in [0.05, 0.1) is 25.7 Å². The molecule has 3 rings (SSSR count). The molecule has 0 bridgehead atoms. The number of carbonyl (C=O) groups is 1. The fraction of sp³-hybridized carbons (Fsp3) is 0.158. The van der Waals surface area contributed by atoms with E-state index in [0.29, 0.717) is 27.4 Å². The van der Waals surface area contributed by atoms with Gasteiger partial charge in [0, 0.05) is 20.9 Å². The standard InChI is InChI=1S/C19H17ClN2O3S2/c1-24-13-5-8-17(25-2)15(9-13)16-10-27-19(21-16)22-18(23)11-26-14-6-3-12(20)4-7-14/h3-10H,11H2,1-2H3,(H,21,22,23). The molecule has 0 unspecified atom stereocenters. The maximum absolute atomic E-state index is 12.2. The third-order valence-electron chi connectivity index (χ3n) is 3.62. The van der Waals surface area contributed by atoms with Gasteiger partial charge in [-0.05, 0) is 42.5 Å². The Balaban J connectivity index is 1.65. The second-order valence-electron chi connectivity index (χ2n) is 5.39. The highest BCUT2D eigenvalue weighted by Gasteiger charge is 2.13. The number of thiazole rings is 1. The van der Waals surface area contributed by atoms with Crippen molar-refractivity contribution in [2.75, 3.05) is 25.3 Å². The number of benzene rings is 2. The second kappa shape index (κ2) is 9.12. The Morgan fingerprint density at radius 1 is 1.19 bits per heavy atom. The molecule has 0 saturated heterocycles. The fourth-order valence-corrected chi connectivity index (χ4v) is 3.86. The highest BCUT2D eigenvalue weighted by molar-refractivity contribution is 8.00. The third kappa shape index (κ3) is 5.15. The van der Waals surface area contributed by atoms with Gasteiger partial charge in [0.25, 0.3) is 0 Å². The number of halogens is 1. The zero-order chi connectivity index (χ0) is 19.2. The first-order valence-electron chi connectivity index (χ1n) is 7.95. The number of nitrogens with zero attached hydrogens (tertiary/aromatic N) is 1. The first kappa shape index (κ1) is 19.5. The van der Waals surface area contributed by atoms with Crippen LogP contribution in [0.4, 0.5) is 5.13 Å². The Morgan fingerprint density at radius 3 is 2.67 bits per heavy atom. The van der Waals surface area contributed by atoms with Gasteiger partial charge in [0.1, 0.15) is 11.5 Å². The first-order chi connectivity index (χ1) is 13.1. The molecular weight excluding hydrogens is 404 g/mol. The van der Waals surface area contributed by atoms with E-state index in [1.54, 1.807) is 26.4 Å². The zero-order valence-corrected chi connectivity index (χ0v) is 17.1. The topological polar surface area (TPSA) is 60.5 Å². The van der Waals surface area contributed by atoms with Crippen molar-refractivity contribution in [1.29, 1.82) is 0 Å². The maximum atomic E-state index is 12.2. The minimum absolute atomic E-state index is 0.117. The number of amides is 1. The van der Waals surface area contributed by atoms with Crippen LogP contribution in [0.15, 0.2) is 52.7 Å². The van der Waals surface area contributed by atoms with E-state index in [4.69, 9.17) is 21.1 Å². The fourth-order valence-electron chi connectivity index (χ4n) is 2.30. The Bertz CT molecular complexity index is 929. The van der Waals surface area contributed by atoms with Gasteiger partial charge in [-0.2, -0.15) is 0 Å². The third-order valence-corrected chi connectivity index (χ3v) is 5.64. The summed E-state index contributed by atoms with van der Waals surface area (Å²) in [6.07, 6.45) is 0. The molecule has 0 aliphatic heterocycles. The molecule has 0 aliphatic carbocycles. The van der Waals surface area contributed by atoms with Crippen LogP contribution in [0, 0.1) is 0 Å². The summed E-state index contributed by atoms with van der Waals surface area (Å²) in [7, 11) is 3.21. The van der Waals surface area contributed by atoms with Crippen molar-refractivity contribution in [3.8, 4) is 22.8 Å². The molecule has 1 N–H and O–H groups in total. The smallest absolute Gasteiger partial charge is 0.236 e. The van der Waals surface area contributed by atoms with E-state index in [1.165, 1.54) is 23.1 Å². The van der Waals surface area contributed by atoms with Crippen molar-refractivity contribution in [1.82, 2.24) is 4.98 Å². The predicted molar refractivity (Wildman–Crippen MR) is 111 cm³/mol. The predicted octanol–water partition coefficient (Wildman–Crippen LogP) is 5.21. The minimum atomic E-state index is -0.117. The van der Waals surface area contributed by atoms with Gasteiger partial charge < -0.3 is 14.8 Å². The number of anilines is 1. The molecule has 1 amide bonds. The van der Waals surface area contributed by atoms with Gasteiger partial charge in [-0.3, -0.25) is 4.79 Å². The Kier molecular flexibility index (Phi) is 6.60. The van der Waals surface area contributed by atoms with E-state index in [1.807, 2.05) is 35.7 Å². The Labute approximate surface area is 170 Å². The average Bonchev–Trinajstić information content (AvgIpc) is 3.15. The molecular formula is C19H17ClN2O3S2. The summed E-state index contributed by atoms with van der Waals surface area (Å²) in [6.45, 7) is 0. The number of aromatic nitrogens is 1. The van der Waals surface area contributed by atoms with Crippen LogP contribution in [0.2, 0.25) is 5.02 Å². The largest absolute Gasteiger partial charge is 0.497 e. The number of ether oxygens (including phenoxy) is 2. The molecule has 0 aliphatic rings. The van der Waals surface area contributed by atoms with E-state index < -0.39 is 0 Å². The molecule has 0 radical (unpaired) electrons. The van der Waals surface area contributed by atoms with Crippen molar-refractivity contribution in [3.05, 3.63) is 52.9 Å². The van der Waals surface area contributed by atoms with Crippen LogP contribution in [0.5, 0.6) is 11.5 Å². The monoisotopic (exact) mass is 420 g/mol. The lowest BCUT2D eigenvalue weighted by Crippen LogP contribution is -2.13. The summed E-state index contributed by atoms with van der Waals surface area (Å²) < 4.78 is 10.7. The molecule has 1 heterocycles. The van der Waals surface area contributed by atoms with Gasteiger partial charge in [-0.1, -0.05) is 11.6 Å². The Hall–Kier alpha value is -2.22. The van der Waals surface area contributed by atoms with Crippen LogP contribution in [0.1, 0.15) is 0 Å².